The minimum atomic E-state index is -1.04. The molecule has 1 N–H and O–H groups in total. The third kappa shape index (κ3) is 5.31. The topological polar surface area (TPSA) is 83.6 Å². The summed E-state index contributed by atoms with van der Waals surface area (Å²) in [5.74, 6) is -0.185. The molecule has 1 atom stereocenters. The summed E-state index contributed by atoms with van der Waals surface area (Å²) in [6, 6.07) is 16.3. The van der Waals surface area contributed by atoms with Gasteiger partial charge in [0.25, 0.3) is 0 Å². The molecule has 0 spiro atoms. The van der Waals surface area contributed by atoms with E-state index in [9.17, 15) is 14.7 Å². The third-order valence-corrected chi connectivity index (χ3v) is 4.78. The highest BCUT2D eigenvalue weighted by Crippen LogP contribution is 2.21. The smallest absolute Gasteiger partial charge is 0.326 e. The highest BCUT2D eigenvalue weighted by atomic mass is 16.4. The molecule has 0 bridgehead atoms. The quantitative estimate of drug-likeness (QED) is 0.624. The van der Waals surface area contributed by atoms with Gasteiger partial charge in [0.1, 0.15) is 6.04 Å². The summed E-state index contributed by atoms with van der Waals surface area (Å²) in [6.45, 7) is 3.78. The number of aryl methyl sites for hydroxylation is 2. The van der Waals surface area contributed by atoms with E-state index in [2.05, 4.69) is 4.98 Å². The number of carboxylic acid groups (broad SMARTS) is 1. The van der Waals surface area contributed by atoms with E-state index in [0.717, 1.165) is 16.7 Å². The zero-order valence-electron chi connectivity index (χ0n) is 16.5. The number of aliphatic carboxylic acids is 1. The lowest BCUT2D eigenvalue weighted by Crippen LogP contribution is -2.42. The molecule has 1 unspecified atom stereocenters. The highest BCUT2D eigenvalue weighted by Gasteiger charge is 2.25. The van der Waals surface area contributed by atoms with Crippen LogP contribution in [0.5, 0.6) is 0 Å². The number of carbonyl (C=O) groups is 2. The van der Waals surface area contributed by atoms with Gasteiger partial charge in [-0.2, -0.15) is 0 Å². The lowest BCUT2D eigenvalue weighted by atomic mass is 10.1. The number of hydrogen-bond acceptors (Lipinski definition) is 4. The van der Waals surface area contributed by atoms with Gasteiger partial charge in [-0.15, -0.1) is 0 Å². The predicted octanol–water partition coefficient (Wildman–Crippen LogP) is 4.08. The Morgan fingerprint density at radius 3 is 2.45 bits per heavy atom. The van der Waals surface area contributed by atoms with E-state index >= 15 is 0 Å². The monoisotopic (exact) mass is 392 g/mol. The van der Waals surface area contributed by atoms with Crippen molar-refractivity contribution < 1.29 is 19.1 Å². The van der Waals surface area contributed by atoms with Crippen molar-refractivity contribution in [3.05, 3.63) is 77.8 Å². The summed E-state index contributed by atoms with van der Waals surface area (Å²) in [6.07, 6.45) is 2.08. The number of carbonyl (C=O) groups excluding carboxylic acids is 1. The summed E-state index contributed by atoms with van der Waals surface area (Å²) in [7, 11) is 0. The van der Waals surface area contributed by atoms with Crippen LogP contribution in [0.25, 0.3) is 11.3 Å². The first-order chi connectivity index (χ1) is 13.9. The van der Waals surface area contributed by atoms with Gasteiger partial charge in [-0.1, -0.05) is 60.2 Å². The second-order valence-corrected chi connectivity index (χ2v) is 7.01. The number of hydrogen-bond donors (Lipinski definition) is 1. The Balaban J connectivity index is 1.66. The first-order valence-corrected chi connectivity index (χ1v) is 9.52. The van der Waals surface area contributed by atoms with E-state index in [1.165, 1.54) is 11.8 Å². The van der Waals surface area contributed by atoms with E-state index in [-0.39, 0.29) is 18.9 Å². The first-order valence-electron chi connectivity index (χ1n) is 9.52. The van der Waals surface area contributed by atoms with Gasteiger partial charge in [-0.05, 0) is 19.4 Å². The number of carboxylic acids is 1. The van der Waals surface area contributed by atoms with E-state index in [4.69, 9.17) is 4.42 Å². The van der Waals surface area contributed by atoms with Crippen LogP contribution in [-0.2, 0) is 22.6 Å². The van der Waals surface area contributed by atoms with Crippen molar-refractivity contribution in [2.24, 2.45) is 0 Å². The van der Waals surface area contributed by atoms with Gasteiger partial charge in [-0.25, -0.2) is 9.78 Å². The number of aromatic nitrogens is 1. The molecule has 1 amide bonds. The van der Waals surface area contributed by atoms with Crippen LogP contribution in [0.15, 0.2) is 65.2 Å². The van der Waals surface area contributed by atoms with E-state index in [1.54, 1.807) is 6.20 Å². The Hall–Kier alpha value is -3.41. The molecule has 0 aliphatic carbocycles. The molecule has 6 nitrogen and oxygen atoms in total. The summed E-state index contributed by atoms with van der Waals surface area (Å²) in [5.41, 5.74) is 2.96. The number of rotatable bonds is 8. The SMILES string of the molecule is Cc1ccc(-c2cnc(CCC(=O)N(Cc3ccccc3)C(C)C(=O)O)o2)cc1. The Bertz CT molecular complexity index is 964. The molecule has 6 heteroatoms. The minimum absolute atomic E-state index is 0.123. The van der Waals surface area contributed by atoms with Crippen molar-refractivity contribution in [3.63, 3.8) is 0 Å². The van der Waals surface area contributed by atoms with Crippen LogP contribution in [0.2, 0.25) is 0 Å². The normalized spacial score (nSPS) is 11.8. The third-order valence-electron chi connectivity index (χ3n) is 4.78. The van der Waals surface area contributed by atoms with Crippen LogP contribution in [0.4, 0.5) is 0 Å². The lowest BCUT2D eigenvalue weighted by Gasteiger charge is -2.26. The van der Waals surface area contributed by atoms with Crippen molar-refractivity contribution in [3.8, 4) is 11.3 Å². The van der Waals surface area contributed by atoms with Gasteiger partial charge >= 0.3 is 5.97 Å². The second-order valence-electron chi connectivity index (χ2n) is 7.01. The molecule has 0 aliphatic rings. The summed E-state index contributed by atoms with van der Waals surface area (Å²) in [4.78, 5) is 29.9. The van der Waals surface area contributed by atoms with Crippen molar-refractivity contribution in [2.75, 3.05) is 0 Å². The minimum Gasteiger partial charge on any atom is -0.480 e. The molecule has 3 rings (SSSR count). The van der Waals surface area contributed by atoms with Crippen LogP contribution < -0.4 is 0 Å². The fraction of sp³-hybridized carbons (Fsp3) is 0.261. The lowest BCUT2D eigenvalue weighted by molar-refractivity contribution is -0.150. The highest BCUT2D eigenvalue weighted by molar-refractivity contribution is 5.83. The zero-order chi connectivity index (χ0) is 20.8. The molecular weight excluding hydrogens is 368 g/mol. The predicted molar refractivity (Wildman–Crippen MR) is 109 cm³/mol. The van der Waals surface area contributed by atoms with Crippen LogP contribution in [0.1, 0.15) is 30.4 Å². The molecule has 0 fully saturated rings. The van der Waals surface area contributed by atoms with Gasteiger partial charge in [0.2, 0.25) is 5.91 Å². The van der Waals surface area contributed by atoms with Crippen molar-refractivity contribution >= 4 is 11.9 Å². The zero-order valence-corrected chi connectivity index (χ0v) is 16.5. The van der Waals surface area contributed by atoms with Gasteiger partial charge in [0.05, 0.1) is 6.20 Å². The van der Waals surface area contributed by atoms with E-state index in [1.807, 2.05) is 61.5 Å². The van der Waals surface area contributed by atoms with E-state index < -0.39 is 12.0 Å². The molecule has 150 valence electrons. The van der Waals surface area contributed by atoms with Crippen LogP contribution in [-0.4, -0.2) is 32.9 Å². The van der Waals surface area contributed by atoms with Gasteiger partial charge in [-0.3, -0.25) is 4.79 Å². The average Bonchev–Trinajstić information content (AvgIpc) is 3.20. The molecule has 29 heavy (non-hydrogen) atoms. The summed E-state index contributed by atoms with van der Waals surface area (Å²) < 4.78 is 5.77. The second kappa shape index (κ2) is 9.19. The largest absolute Gasteiger partial charge is 0.480 e. The standard InChI is InChI=1S/C23H24N2O4/c1-16-8-10-19(11-9-16)20-14-24-21(29-20)12-13-22(26)25(17(2)23(27)28)15-18-6-4-3-5-7-18/h3-11,14,17H,12-13,15H2,1-2H3,(H,27,28). The van der Waals surface area contributed by atoms with Crippen LogP contribution in [0.3, 0.4) is 0 Å². The van der Waals surface area contributed by atoms with E-state index in [0.29, 0.717) is 18.1 Å². The Morgan fingerprint density at radius 1 is 1.10 bits per heavy atom. The number of oxazole rings is 1. The van der Waals surface area contributed by atoms with Crippen molar-refractivity contribution in [1.29, 1.82) is 0 Å². The maximum atomic E-state index is 12.8. The number of amides is 1. The molecule has 1 heterocycles. The van der Waals surface area contributed by atoms with Crippen LogP contribution in [0, 0.1) is 6.92 Å². The molecule has 1 aromatic heterocycles. The molecule has 0 saturated heterocycles. The average molecular weight is 392 g/mol. The van der Waals surface area contributed by atoms with Crippen molar-refractivity contribution in [2.45, 2.75) is 39.3 Å². The molecular formula is C23H24N2O4. The Labute approximate surface area is 169 Å². The summed E-state index contributed by atoms with van der Waals surface area (Å²) >= 11 is 0. The fourth-order valence-corrected chi connectivity index (χ4v) is 2.99. The fourth-order valence-electron chi connectivity index (χ4n) is 2.99. The summed E-state index contributed by atoms with van der Waals surface area (Å²) in [5, 5.41) is 9.39. The Morgan fingerprint density at radius 2 is 1.79 bits per heavy atom. The maximum Gasteiger partial charge on any atom is 0.326 e. The molecule has 0 radical (unpaired) electrons. The number of benzene rings is 2. The van der Waals surface area contributed by atoms with Gasteiger partial charge in [0, 0.05) is 24.9 Å². The molecule has 2 aromatic carbocycles. The number of nitrogens with zero attached hydrogens (tertiary/aromatic N) is 2. The van der Waals surface area contributed by atoms with Gasteiger partial charge < -0.3 is 14.4 Å². The van der Waals surface area contributed by atoms with Crippen molar-refractivity contribution in [1.82, 2.24) is 9.88 Å². The van der Waals surface area contributed by atoms with Gasteiger partial charge in [0.15, 0.2) is 11.7 Å². The molecule has 0 aliphatic heterocycles. The molecule has 0 saturated carbocycles. The maximum absolute atomic E-state index is 12.8. The molecule has 3 aromatic rings. The first kappa shape index (κ1) is 20.3. The van der Waals surface area contributed by atoms with Crippen LogP contribution >= 0.6 is 0 Å². The Kier molecular flexibility index (Phi) is 6.44.